The summed E-state index contributed by atoms with van der Waals surface area (Å²) >= 11 is 0. The number of methoxy groups -OCH3 is 1. The van der Waals surface area contributed by atoms with Crippen molar-refractivity contribution >= 4 is 24.0 Å². The maximum absolute atomic E-state index is 14.2. The van der Waals surface area contributed by atoms with Crippen molar-refractivity contribution < 1.29 is 32.2 Å². The Balaban J connectivity index is 2.89. The van der Waals surface area contributed by atoms with Crippen molar-refractivity contribution in [3.05, 3.63) is 44.0 Å². The van der Waals surface area contributed by atoms with Crippen molar-refractivity contribution in [2.75, 3.05) is 53.9 Å². The lowest BCUT2D eigenvalue weighted by Gasteiger charge is -2.44. The number of hydrogen-bond acceptors (Lipinski definition) is 11. The third-order valence-corrected chi connectivity index (χ3v) is 17.4. The van der Waals surface area contributed by atoms with E-state index >= 15 is 0 Å². The van der Waals surface area contributed by atoms with Crippen molar-refractivity contribution in [1.29, 1.82) is 0 Å². The smallest absolute Gasteiger partial charge is 0.330 e. The van der Waals surface area contributed by atoms with Crippen LogP contribution in [0.25, 0.3) is 4.85 Å². The number of nitrogens with zero attached hydrogens (tertiary/aromatic N) is 3. The van der Waals surface area contributed by atoms with E-state index in [1.165, 1.54) is 10.8 Å². The molecule has 282 valence electrons. The topological polar surface area (TPSA) is 147 Å². The molecule has 1 aromatic heterocycles. The zero-order chi connectivity index (χ0) is 37.5. The minimum Gasteiger partial charge on any atom is -0.405 e. The predicted molar refractivity (Wildman–Crippen MR) is 197 cm³/mol. The first kappa shape index (κ1) is 43.9. The van der Waals surface area contributed by atoms with Gasteiger partial charge in [-0.25, -0.2) is 16.0 Å². The van der Waals surface area contributed by atoms with E-state index in [2.05, 4.69) is 53.7 Å². The van der Waals surface area contributed by atoms with Gasteiger partial charge in [-0.15, -0.1) is 0 Å². The summed E-state index contributed by atoms with van der Waals surface area (Å²) in [5.74, 6) is -0.789. The van der Waals surface area contributed by atoms with Crippen LogP contribution in [0.4, 0.5) is 0 Å². The average molecular weight is 750 g/mol. The molecule has 0 saturated carbocycles. The second kappa shape index (κ2) is 18.5. The Morgan fingerprint density at radius 1 is 1.14 bits per heavy atom. The molecule has 2 heterocycles. The van der Waals surface area contributed by atoms with E-state index in [9.17, 15) is 14.2 Å². The standard InChI is InChI=1S/C32H61N5O9P2Si/c1-21(2)37(22(3)4)47(43-17-16-33-9)45-26-25(24(34-10)30(48(12,13)40)46-49(14,15)32(6,7)8)44-29(27(26)42-19-18-41-11)36-20-23(5)28(38)35-31(36)39/h20-22,24-27,29-30,34H,16-19H2,1-8,10-15H3,(H,35,38,39)/t24-,25-,26-,27-,29-,30+,47?/m1/s1. The molecule has 14 nitrogen and oxygen atoms in total. The fourth-order valence-electron chi connectivity index (χ4n) is 5.45. The minimum atomic E-state index is -2.99. The molecule has 0 bridgehead atoms. The van der Waals surface area contributed by atoms with Gasteiger partial charge in [-0.05, 0) is 73.1 Å². The highest BCUT2D eigenvalue weighted by Gasteiger charge is 2.56. The molecule has 0 aromatic carbocycles. The lowest BCUT2D eigenvalue weighted by Crippen LogP contribution is -2.57. The molecule has 0 radical (unpaired) electrons. The lowest BCUT2D eigenvalue weighted by atomic mass is 10.0. The maximum Gasteiger partial charge on any atom is 0.330 e. The van der Waals surface area contributed by atoms with Gasteiger partial charge < -0.3 is 42.4 Å². The number of hydrogen-bond donors (Lipinski definition) is 2. The number of ether oxygens (including phenoxy) is 3. The fraction of sp³-hybridized carbons (Fsp3) is 0.844. The Morgan fingerprint density at radius 2 is 1.76 bits per heavy atom. The van der Waals surface area contributed by atoms with Crippen molar-refractivity contribution in [2.45, 2.75) is 122 Å². The van der Waals surface area contributed by atoms with Crippen LogP contribution in [0, 0.1) is 13.5 Å². The van der Waals surface area contributed by atoms with Gasteiger partial charge in [0.15, 0.2) is 14.5 Å². The summed E-state index contributed by atoms with van der Waals surface area (Å²) in [6, 6.07) is -0.673. The summed E-state index contributed by atoms with van der Waals surface area (Å²) < 4.78 is 56.5. The number of rotatable bonds is 19. The van der Waals surface area contributed by atoms with Gasteiger partial charge in [0.05, 0.1) is 19.3 Å². The normalized spacial score (nSPS) is 22.5. The first-order valence-electron chi connectivity index (χ1n) is 16.8. The molecule has 0 amide bonds. The zero-order valence-corrected chi connectivity index (χ0v) is 34.7. The van der Waals surface area contributed by atoms with Crippen LogP contribution in [-0.2, 0) is 32.2 Å². The quantitative estimate of drug-likeness (QED) is 0.0853. The Bertz CT molecular complexity index is 1400. The van der Waals surface area contributed by atoms with Gasteiger partial charge in [0.1, 0.15) is 37.9 Å². The molecule has 0 aliphatic carbocycles. The van der Waals surface area contributed by atoms with Gasteiger partial charge in [0.25, 0.3) is 14.1 Å². The van der Waals surface area contributed by atoms with Gasteiger partial charge in [-0.1, -0.05) is 20.8 Å². The summed E-state index contributed by atoms with van der Waals surface area (Å²) in [7, 11) is -3.96. The molecule has 1 aromatic rings. The SMILES string of the molecule is [C-]#[N+]CCOP(O[C@@H]1[C@@H]([C@@H](NC)[C@@H](O[Si](C)(C)C(C)(C)C)P(C)(C)=O)O[C@@H](n2cc(C)c(=O)[nH]c2=O)[C@@H]1OCCOC)N(C(C)C)C(C)C. The summed E-state index contributed by atoms with van der Waals surface area (Å²) in [5, 5.41) is 3.18. The van der Waals surface area contributed by atoms with E-state index in [4.69, 9.17) is 34.3 Å². The highest BCUT2D eigenvalue weighted by Crippen LogP contribution is 2.54. The fourth-order valence-corrected chi connectivity index (χ4v) is 11.2. The van der Waals surface area contributed by atoms with Gasteiger partial charge in [0.2, 0.25) is 6.54 Å². The lowest BCUT2D eigenvalue weighted by molar-refractivity contribution is -0.0822. The average Bonchev–Trinajstić information content (AvgIpc) is 3.30. The van der Waals surface area contributed by atoms with Gasteiger partial charge in [0, 0.05) is 31.0 Å². The number of aromatic amines is 1. The molecule has 0 spiro atoms. The van der Waals surface area contributed by atoms with Gasteiger partial charge in [-0.2, -0.15) is 0 Å². The molecule has 1 aliphatic rings. The maximum atomic E-state index is 14.2. The summed E-state index contributed by atoms with van der Waals surface area (Å²) in [4.78, 5) is 31.6. The summed E-state index contributed by atoms with van der Waals surface area (Å²) in [6.07, 6.45) is -2.28. The molecule has 2 rings (SSSR count). The number of likely N-dealkylation sites (N-methyl/N-ethyl adjacent to an activating group) is 1. The highest BCUT2D eigenvalue weighted by molar-refractivity contribution is 7.63. The molecule has 2 N–H and O–H groups in total. The van der Waals surface area contributed by atoms with Crippen LogP contribution in [-0.4, -0.2) is 119 Å². The van der Waals surface area contributed by atoms with Gasteiger partial charge >= 0.3 is 5.69 Å². The number of aryl methyl sites for hydroxylation is 1. The molecular formula is C32H61N5O9P2Si. The number of aromatic nitrogens is 2. The molecule has 1 unspecified atom stereocenters. The van der Waals surface area contributed by atoms with E-state index in [1.807, 2.05) is 27.7 Å². The van der Waals surface area contributed by atoms with E-state index in [1.54, 1.807) is 34.4 Å². The van der Waals surface area contributed by atoms with Crippen molar-refractivity contribution in [1.82, 2.24) is 19.5 Å². The van der Waals surface area contributed by atoms with Crippen molar-refractivity contribution in [3.8, 4) is 0 Å². The molecule has 7 atom stereocenters. The Labute approximate surface area is 295 Å². The van der Waals surface area contributed by atoms with Gasteiger partial charge in [-0.3, -0.25) is 14.3 Å². The molecular weight excluding hydrogens is 688 g/mol. The van der Waals surface area contributed by atoms with Crippen LogP contribution >= 0.6 is 15.7 Å². The monoisotopic (exact) mass is 749 g/mol. The van der Waals surface area contributed by atoms with Crippen LogP contribution in [0.1, 0.15) is 60.3 Å². The molecule has 1 aliphatic heterocycles. The van der Waals surface area contributed by atoms with E-state index in [0.29, 0.717) is 5.56 Å². The largest absolute Gasteiger partial charge is 0.405 e. The highest BCUT2D eigenvalue weighted by atomic mass is 31.2. The Kier molecular flexibility index (Phi) is 16.5. The van der Waals surface area contributed by atoms with Crippen LogP contribution in [0.5, 0.6) is 0 Å². The molecule has 1 fully saturated rings. The van der Waals surface area contributed by atoms with Crippen molar-refractivity contribution in [2.24, 2.45) is 0 Å². The second-order valence-electron chi connectivity index (χ2n) is 14.9. The van der Waals surface area contributed by atoms with Crippen LogP contribution in [0.15, 0.2) is 15.8 Å². The van der Waals surface area contributed by atoms with Crippen LogP contribution in [0.2, 0.25) is 18.1 Å². The second-order valence-corrected chi connectivity index (χ2v) is 24.4. The van der Waals surface area contributed by atoms with Crippen LogP contribution in [0.3, 0.4) is 0 Å². The van der Waals surface area contributed by atoms with E-state index in [-0.39, 0.29) is 43.5 Å². The zero-order valence-electron chi connectivity index (χ0n) is 31.9. The summed E-state index contributed by atoms with van der Waals surface area (Å²) in [6.45, 7) is 31.8. The number of nitrogens with one attached hydrogen (secondary N) is 2. The third kappa shape index (κ3) is 11.4. The predicted octanol–water partition coefficient (Wildman–Crippen LogP) is 5.00. The number of H-pyrrole nitrogens is 1. The molecule has 49 heavy (non-hydrogen) atoms. The van der Waals surface area contributed by atoms with E-state index in [0.717, 1.165) is 0 Å². The van der Waals surface area contributed by atoms with E-state index < -0.39 is 71.7 Å². The van der Waals surface area contributed by atoms with Crippen LogP contribution < -0.4 is 16.6 Å². The summed E-state index contributed by atoms with van der Waals surface area (Å²) in [5.41, 5.74) is -0.865. The first-order valence-corrected chi connectivity index (χ1v) is 23.5. The molecule has 17 heteroatoms. The Morgan fingerprint density at radius 3 is 2.24 bits per heavy atom. The molecule has 1 saturated heterocycles. The Hall–Kier alpha value is -1.27. The van der Waals surface area contributed by atoms with Crippen molar-refractivity contribution in [3.63, 3.8) is 0 Å². The first-order chi connectivity index (χ1) is 22.6. The minimum absolute atomic E-state index is 0.00853. The third-order valence-electron chi connectivity index (χ3n) is 8.94.